The number of anilines is 2. The topological polar surface area (TPSA) is 74.3 Å². The zero-order chi connectivity index (χ0) is 24.8. The first-order valence-corrected chi connectivity index (χ1v) is 12.3. The molecule has 0 aliphatic carbocycles. The van der Waals surface area contributed by atoms with Crippen molar-refractivity contribution in [1.29, 1.82) is 0 Å². The van der Waals surface area contributed by atoms with E-state index in [9.17, 15) is 9.59 Å². The van der Waals surface area contributed by atoms with E-state index in [0.717, 1.165) is 21.2 Å². The van der Waals surface area contributed by atoms with E-state index in [1.54, 1.807) is 28.8 Å². The monoisotopic (exact) mass is 493 g/mol. The van der Waals surface area contributed by atoms with Crippen molar-refractivity contribution in [2.45, 2.75) is 30.6 Å². The van der Waals surface area contributed by atoms with Gasteiger partial charge in [0, 0.05) is 9.79 Å². The van der Waals surface area contributed by atoms with Gasteiger partial charge in [0.1, 0.15) is 0 Å². The number of amides is 1. The van der Waals surface area contributed by atoms with Crippen LogP contribution in [-0.4, -0.2) is 38.3 Å². The Morgan fingerprint density at radius 2 is 1.29 bits per heavy atom. The van der Waals surface area contributed by atoms with E-state index >= 15 is 0 Å². The largest absolute Gasteiger partial charge is 0.490 e. The van der Waals surface area contributed by atoms with Gasteiger partial charge in [-0.25, -0.2) is 4.79 Å². The molecule has 4 rings (SSSR count). The fraction of sp³-hybridized carbons (Fsp3) is 0.259. The van der Waals surface area contributed by atoms with Crippen LogP contribution in [0.3, 0.4) is 0 Å². The average Bonchev–Trinajstić information content (AvgIpc) is 2.87. The lowest BCUT2D eigenvalue weighted by atomic mass is 10.2. The van der Waals surface area contributed by atoms with Gasteiger partial charge in [-0.2, -0.15) is 0 Å². The number of nitrogens with zero attached hydrogens (tertiary/aromatic N) is 1. The summed E-state index contributed by atoms with van der Waals surface area (Å²) in [4.78, 5) is 29.8. The van der Waals surface area contributed by atoms with Crippen molar-refractivity contribution >= 4 is 35.0 Å². The molecule has 35 heavy (non-hydrogen) atoms. The highest BCUT2D eigenvalue weighted by Gasteiger charge is 2.29. The predicted molar refractivity (Wildman–Crippen MR) is 134 cm³/mol. The van der Waals surface area contributed by atoms with Gasteiger partial charge < -0.3 is 18.9 Å². The molecule has 7 nitrogen and oxygen atoms in total. The standard InChI is InChI=1S/C27H27NO6S/c1-4-31-21-15-18(16-22(32-5-2)26(21)33-6-3)27(30)34-17-25(29)28-19-11-7-9-13-23(19)35-24-14-10-8-12-20(24)28/h7-16H,4-6,17H2,1-3H3. The number of rotatable bonds is 9. The van der Waals surface area contributed by atoms with Crippen molar-refractivity contribution in [3.63, 3.8) is 0 Å². The minimum atomic E-state index is -0.656. The number of carbonyl (C=O) groups excluding carboxylic acids is 2. The zero-order valence-corrected chi connectivity index (χ0v) is 20.7. The number of esters is 1. The molecule has 1 amide bonds. The van der Waals surface area contributed by atoms with E-state index < -0.39 is 12.6 Å². The molecule has 0 radical (unpaired) electrons. The highest BCUT2D eigenvalue weighted by molar-refractivity contribution is 7.99. The third-order valence-electron chi connectivity index (χ3n) is 5.15. The lowest BCUT2D eigenvalue weighted by molar-refractivity contribution is -0.121. The third-order valence-corrected chi connectivity index (χ3v) is 6.28. The van der Waals surface area contributed by atoms with Crippen LogP contribution in [0.2, 0.25) is 0 Å². The fourth-order valence-electron chi connectivity index (χ4n) is 3.76. The van der Waals surface area contributed by atoms with Gasteiger partial charge >= 0.3 is 5.97 Å². The number of hydrogen-bond acceptors (Lipinski definition) is 7. The van der Waals surface area contributed by atoms with Crippen LogP contribution in [0.4, 0.5) is 11.4 Å². The average molecular weight is 494 g/mol. The summed E-state index contributed by atoms with van der Waals surface area (Å²) in [5.74, 6) is 0.197. The molecule has 0 saturated heterocycles. The number of carbonyl (C=O) groups is 2. The Labute approximate surface area is 208 Å². The molecule has 0 atom stereocenters. The second-order valence-electron chi connectivity index (χ2n) is 7.44. The third kappa shape index (κ3) is 5.22. The summed E-state index contributed by atoms with van der Waals surface area (Å²) in [6.07, 6.45) is 0. The molecule has 1 aliphatic heterocycles. The summed E-state index contributed by atoms with van der Waals surface area (Å²) in [6, 6.07) is 18.4. The number of fused-ring (bicyclic) bond motifs is 2. The summed E-state index contributed by atoms with van der Waals surface area (Å²) < 4.78 is 22.5. The second kappa shape index (κ2) is 11.2. The zero-order valence-electron chi connectivity index (χ0n) is 19.9. The Bertz CT molecular complexity index is 1160. The van der Waals surface area contributed by atoms with Gasteiger partial charge in [-0.1, -0.05) is 36.0 Å². The number of ether oxygens (including phenoxy) is 4. The molecule has 1 aliphatic rings. The van der Waals surface area contributed by atoms with Crippen LogP contribution in [0.15, 0.2) is 70.5 Å². The predicted octanol–water partition coefficient (Wildman–Crippen LogP) is 5.87. The van der Waals surface area contributed by atoms with Crippen LogP contribution >= 0.6 is 11.8 Å². The Hall–Kier alpha value is -3.65. The summed E-state index contributed by atoms with van der Waals surface area (Å²) >= 11 is 1.60. The molecule has 8 heteroatoms. The maximum atomic E-state index is 13.3. The molecule has 0 unspecified atom stereocenters. The molecular weight excluding hydrogens is 466 g/mol. The highest BCUT2D eigenvalue weighted by atomic mass is 32.2. The minimum Gasteiger partial charge on any atom is -0.490 e. The molecule has 182 valence electrons. The lowest BCUT2D eigenvalue weighted by Gasteiger charge is -2.30. The van der Waals surface area contributed by atoms with Crippen molar-refractivity contribution in [1.82, 2.24) is 0 Å². The van der Waals surface area contributed by atoms with E-state index in [-0.39, 0.29) is 11.5 Å². The summed E-state index contributed by atoms with van der Waals surface area (Å²) in [7, 11) is 0. The first-order valence-electron chi connectivity index (χ1n) is 11.5. The van der Waals surface area contributed by atoms with Gasteiger partial charge in [0.15, 0.2) is 18.1 Å². The summed E-state index contributed by atoms with van der Waals surface area (Å²) in [6.45, 7) is 6.29. The van der Waals surface area contributed by atoms with Crippen LogP contribution in [0.5, 0.6) is 17.2 Å². The van der Waals surface area contributed by atoms with Crippen LogP contribution in [0.1, 0.15) is 31.1 Å². The molecule has 0 N–H and O–H groups in total. The fourth-order valence-corrected chi connectivity index (χ4v) is 4.81. The van der Waals surface area contributed by atoms with Gasteiger partial charge in [0.25, 0.3) is 5.91 Å². The number of benzene rings is 3. The molecule has 0 bridgehead atoms. The molecule has 3 aromatic rings. The normalized spacial score (nSPS) is 11.8. The van der Waals surface area contributed by atoms with Crippen molar-refractivity contribution in [2.24, 2.45) is 0 Å². The van der Waals surface area contributed by atoms with Gasteiger partial charge in [0.05, 0.1) is 36.8 Å². The Kier molecular flexibility index (Phi) is 7.82. The van der Waals surface area contributed by atoms with E-state index in [1.807, 2.05) is 69.3 Å². The van der Waals surface area contributed by atoms with Gasteiger partial charge in [-0.15, -0.1) is 0 Å². The van der Waals surface area contributed by atoms with Crippen LogP contribution in [-0.2, 0) is 9.53 Å². The van der Waals surface area contributed by atoms with Gasteiger partial charge in [-0.3, -0.25) is 9.69 Å². The molecular formula is C27H27NO6S. The maximum absolute atomic E-state index is 13.3. The van der Waals surface area contributed by atoms with E-state index in [2.05, 4.69) is 0 Å². The summed E-state index contributed by atoms with van der Waals surface area (Å²) in [5, 5.41) is 0. The van der Waals surface area contributed by atoms with Crippen molar-refractivity contribution in [2.75, 3.05) is 31.3 Å². The minimum absolute atomic E-state index is 0.211. The van der Waals surface area contributed by atoms with Crippen LogP contribution in [0, 0.1) is 0 Å². The van der Waals surface area contributed by atoms with E-state index in [0.29, 0.717) is 37.1 Å². The first-order chi connectivity index (χ1) is 17.1. The molecule has 0 aromatic heterocycles. The SMILES string of the molecule is CCOc1cc(C(=O)OCC(=O)N2c3ccccc3Sc3ccccc32)cc(OCC)c1OCC. The van der Waals surface area contributed by atoms with Gasteiger partial charge in [0.2, 0.25) is 5.75 Å². The Morgan fingerprint density at radius 1 is 0.771 bits per heavy atom. The first kappa shape index (κ1) is 24.5. The molecule has 0 spiro atoms. The van der Waals surface area contributed by atoms with E-state index in [4.69, 9.17) is 18.9 Å². The van der Waals surface area contributed by atoms with Crippen molar-refractivity contribution < 1.29 is 28.5 Å². The van der Waals surface area contributed by atoms with Crippen LogP contribution in [0.25, 0.3) is 0 Å². The molecule has 3 aromatic carbocycles. The lowest BCUT2D eigenvalue weighted by Crippen LogP contribution is -2.32. The number of hydrogen-bond donors (Lipinski definition) is 0. The van der Waals surface area contributed by atoms with E-state index in [1.165, 1.54) is 0 Å². The smallest absolute Gasteiger partial charge is 0.338 e. The van der Waals surface area contributed by atoms with Crippen LogP contribution < -0.4 is 19.1 Å². The Balaban J connectivity index is 1.57. The molecule has 0 saturated carbocycles. The van der Waals surface area contributed by atoms with Crippen molar-refractivity contribution in [3.8, 4) is 17.2 Å². The highest BCUT2D eigenvalue weighted by Crippen LogP contribution is 2.48. The second-order valence-corrected chi connectivity index (χ2v) is 8.53. The maximum Gasteiger partial charge on any atom is 0.338 e. The summed E-state index contributed by atoms with van der Waals surface area (Å²) in [5.41, 5.74) is 1.73. The van der Waals surface area contributed by atoms with Gasteiger partial charge in [-0.05, 0) is 57.2 Å². The quantitative estimate of drug-likeness (QED) is 0.345. The molecule has 1 heterocycles. The number of para-hydroxylation sites is 2. The molecule has 0 fully saturated rings. The van der Waals surface area contributed by atoms with Crippen molar-refractivity contribution in [3.05, 3.63) is 66.2 Å². The Morgan fingerprint density at radius 3 is 1.80 bits per heavy atom.